The van der Waals surface area contributed by atoms with E-state index in [4.69, 9.17) is 9.47 Å². The van der Waals surface area contributed by atoms with Crippen LogP contribution in [0.5, 0.6) is 0 Å². The summed E-state index contributed by atoms with van der Waals surface area (Å²) in [6.07, 6.45) is 15.1. The SMILES string of the molecule is CCC(C)(C)C(=O)OCCNC(=O)OCCCCCCCCCCCCSC. The molecule has 0 saturated heterocycles. The van der Waals surface area contributed by atoms with Crippen LogP contribution in [0.1, 0.15) is 91.4 Å². The van der Waals surface area contributed by atoms with Crippen molar-refractivity contribution in [2.24, 2.45) is 5.41 Å². The first-order chi connectivity index (χ1) is 13.4. The van der Waals surface area contributed by atoms with Gasteiger partial charge in [0.25, 0.3) is 0 Å². The van der Waals surface area contributed by atoms with E-state index in [9.17, 15) is 9.59 Å². The van der Waals surface area contributed by atoms with Crippen molar-refractivity contribution >= 4 is 23.8 Å². The second-order valence-electron chi connectivity index (χ2n) is 7.96. The Kier molecular flexibility index (Phi) is 17.6. The summed E-state index contributed by atoms with van der Waals surface area (Å²) in [4.78, 5) is 23.3. The van der Waals surface area contributed by atoms with E-state index in [0.717, 1.165) is 19.3 Å². The van der Waals surface area contributed by atoms with Crippen molar-refractivity contribution in [3.05, 3.63) is 0 Å². The van der Waals surface area contributed by atoms with Crippen molar-refractivity contribution in [2.45, 2.75) is 91.4 Å². The van der Waals surface area contributed by atoms with Crippen molar-refractivity contribution in [1.29, 1.82) is 0 Å². The fraction of sp³-hybridized carbons (Fsp3) is 0.909. The number of unbranched alkanes of at least 4 members (excludes halogenated alkanes) is 9. The number of hydrogen-bond donors (Lipinski definition) is 1. The number of hydrogen-bond acceptors (Lipinski definition) is 5. The first-order valence-electron chi connectivity index (χ1n) is 11.0. The van der Waals surface area contributed by atoms with Crippen molar-refractivity contribution in [3.8, 4) is 0 Å². The molecule has 0 atom stereocenters. The zero-order chi connectivity index (χ0) is 21.1. The molecule has 6 heteroatoms. The zero-order valence-electron chi connectivity index (χ0n) is 18.6. The number of alkyl carbamates (subject to hydrolysis) is 1. The standard InChI is InChI=1S/C22H43NO4S/c1-5-22(2,3)20(24)26-18-16-23-21(25)27-17-14-12-10-8-6-7-9-11-13-15-19-28-4/h5-19H2,1-4H3,(H,23,25). The van der Waals surface area contributed by atoms with Crippen molar-refractivity contribution < 1.29 is 19.1 Å². The highest BCUT2D eigenvalue weighted by atomic mass is 32.2. The molecule has 1 N–H and O–H groups in total. The van der Waals surface area contributed by atoms with Crippen LogP contribution >= 0.6 is 11.8 Å². The Bertz CT molecular complexity index is 402. The molecule has 28 heavy (non-hydrogen) atoms. The van der Waals surface area contributed by atoms with Crippen LogP contribution in [-0.4, -0.2) is 43.8 Å². The molecule has 0 aliphatic carbocycles. The lowest BCUT2D eigenvalue weighted by atomic mass is 9.91. The summed E-state index contributed by atoms with van der Waals surface area (Å²) in [7, 11) is 0. The van der Waals surface area contributed by atoms with Gasteiger partial charge in [0.2, 0.25) is 0 Å². The third kappa shape index (κ3) is 16.1. The van der Waals surface area contributed by atoms with Crippen LogP contribution < -0.4 is 5.32 Å². The molecular formula is C22H43NO4S. The molecule has 0 aromatic carbocycles. The van der Waals surface area contributed by atoms with E-state index in [1.807, 2.05) is 32.5 Å². The molecule has 0 saturated carbocycles. The van der Waals surface area contributed by atoms with Gasteiger partial charge in [0.05, 0.1) is 18.6 Å². The summed E-state index contributed by atoms with van der Waals surface area (Å²) in [5, 5.41) is 2.61. The highest BCUT2D eigenvalue weighted by Gasteiger charge is 2.26. The average molecular weight is 418 g/mol. The lowest BCUT2D eigenvalue weighted by molar-refractivity contribution is -0.153. The Hall–Kier alpha value is -0.910. The molecule has 0 heterocycles. The van der Waals surface area contributed by atoms with Gasteiger partial charge >= 0.3 is 12.1 Å². The zero-order valence-corrected chi connectivity index (χ0v) is 19.5. The van der Waals surface area contributed by atoms with Gasteiger partial charge in [-0.3, -0.25) is 4.79 Å². The van der Waals surface area contributed by atoms with E-state index in [-0.39, 0.29) is 19.1 Å². The molecular weight excluding hydrogens is 374 g/mol. The van der Waals surface area contributed by atoms with Gasteiger partial charge in [-0.25, -0.2) is 4.79 Å². The molecule has 166 valence electrons. The van der Waals surface area contributed by atoms with Crippen LogP contribution in [0.2, 0.25) is 0 Å². The number of nitrogens with one attached hydrogen (secondary N) is 1. The summed E-state index contributed by atoms with van der Waals surface area (Å²) < 4.78 is 10.3. The van der Waals surface area contributed by atoms with Gasteiger partial charge < -0.3 is 14.8 Å². The number of carbonyl (C=O) groups is 2. The molecule has 0 unspecified atom stereocenters. The van der Waals surface area contributed by atoms with Gasteiger partial charge in [-0.1, -0.05) is 58.3 Å². The Morgan fingerprint density at radius 1 is 0.821 bits per heavy atom. The molecule has 0 fully saturated rings. The van der Waals surface area contributed by atoms with Crippen LogP contribution in [0.4, 0.5) is 4.79 Å². The monoisotopic (exact) mass is 417 g/mol. The summed E-state index contributed by atoms with van der Waals surface area (Å²) in [6, 6.07) is 0. The van der Waals surface area contributed by atoms with Crippen LogP contribution in [0, 0.1) is 5.41 Å². The van der Waals surface area contributed by atoms with E-state index < -0.39 is 11.5 Å². The summed E-state index contributed by atoms with van der Waals surface area (Å²) >= 11 is 1.94. The minimum Gasteiger partial charge on any atom is -0.463 e. The fourth-order valence-electron chi connectivity index (χ4n) is 2.62. The van der Waals surface area contributed by atoms with Gasteiger partial charge in [-0.05, 0) is 45.1 Å². The van der Waals surface area contributed by atoms with Crippen LogP contribution in [0.25, 0.3) is 0 Å². The second kappa shape index (κ2) is 18.1. The third-order valence-electron chi connectivity index (χ3n) is 5.02. The molecule has 5 nitrogen and oxygen atoms in total. The van der Waals surface area contributed by atoms with E-state index in [1.54, 1.807) is 0 Å². The summed E-state index contributed by atoms with van der Waals surface area (Å²) in [6.45, 7) is 6.56. The molecule has 0 radical (unpaired) electrons. The minimum absolute atomic E-state index is 0.176. The maximum absolute atomic E-state index is 11.8. The molecule has 0 aliphatic rings. The largest absolute Gasteiger partial charge is 0.463 e. The Labute approximate surface area is 177 Å². The van der Waals surface area contributed by atoms with E-state index >= 15 is 0 Å². The highest BCUT2D eigenvalue weighted by molar-refractivity contribution is 7.98. The van der Waals surface area contributed by atoms with Gasteiger partial charge in [0, 0.05) is 0 Å². The number of amides is 1. The predicted molar refractivity (Wildman–Crippen MR) is 119 cm³/mol. The first kappa shape index (κ1) is 27.1. The number of ether oxygens (including phenoxy) is 2. The lowest BCUT2D eigenvalue weighted by Gasteiger charge is -2.20. The predicted octanol–water partition coefficient (Wildman–Crippen LogP) is 5.96. The maximum atomic E-state index is 11.8. The smallest absolute Gasteiger partial charge is 0.407 e. The normalized spacial score (nSPS) is 11.3. The summed E-state index contributed by atoms with van der Waals surface area (Å²) in [5.41, 5.74) is -0.478. The number of thioether (sulfide) groups is 1. The van der Waals surface area contributed by atoms with Crippen LogP contribution in [0.3, 0.4) is 0 Å². The van der Waals surface area contributed by atoms with Gasteiger partial charge in [0.1, 0.15) is 6.61 Å². The Morgan fingerprint density at radius 3 is 1.89 bits per heavy atom. The Morgan fingerprint density at radius 2 is 1.36 bits per heavy atom. The van der Waals surface area contributed by atoms with Gasteiger partial charge in [-0.2, -0.15) is 11.8 Å². The number of carbonyl (C=O) groups excluding carboxylic acids is 2. The molecule has 1 amide bonds. The topological polar surface area (TPSA) is 64.6 Å². The van der Waals surface area contributed by atoms with Crippen molar-refractivity contribution in [1.82, 2.24) is 5.32 Å². The van der Waals surface area contributed by atoms with Crippen LogP contribution in [-0.2, 0) is 14.3 Å². The molecule has 0 aromatic heterocycles. The lowest BCUT2D eigenvalue weighted by Crippen LogP contribution is -2.32. The minimum atomic E-state index is -0.478. The molecule has 0 aromatic rings. The van der Waals surface area contributed by atoms with Crippen molar-refractivity contribution in [3.63, 3.8) is 0 Å². The highest BCUT2D eigenvalue weighted by Crippen LogP contribution is 2.21. The maximum Gasteiger partial charge on any atom is 0.407 e. The summed E-state index contributed by atoms with van der Waals surface area (Å²) in [5.74, 6) is 1.06. The van der Waals surface area contributed by atoms with E-state index in [0.29, 0.717) is 6.61 Å². The van der Waals surface area contributed by atoms with Gasteiger partial charge in [-0.15, -0.1) is 0 Å². The number of esters is 1. The van der Waals surface area contributed by atoms with E-state index in [1.165, 1.54) is 57.1 Å². The molecule has 0 bridgehead atoms. The molecule has 0 spiro atoms. The van der Waals surface area contributed by atoms with Gasteiger partial charge in [0.15, 0.2) is 0 Å². The fourth-order valence-corrected chi connectivity index (χ4v) is 3.11. The number of rotatable bonds is 18. The van der Waals surface area contributed by atoms with E-state index in [2.05, 4.69) is 11.6 Å². The molecule has 0 rings (SSSR count). The molecule has 0 aliphatic heterocycles. The third-order valence-corrected chi connectivity index (χ3v) is 5.71. The Balaban J connectivity index is 3.34. The second-order valence-corrected chi connectivity index (χ2v) is 8.95. The first-order valence-corrected chi connectivity index (χ1v) is 12.4. The quantitative estimate of drug-likeness (QED) is 0.220. The average Bonchev–Trinajstić information content (AvgIpc) is 2.68. The van der Waals surface area contributed by atoms with Crippen LogP contribution in [0.15, 0.2) is 0 Å². The van der Waals surface area contributed by atoms with Crippen molar-refractivity contribution in [2.75, 3.05) is 31.8 Å².